The van der Waals surface area contributed by atoms with E-state index in [9.17, 15) is 4.79 Å². The van der Waals surface area contributed by atoms with Crippen LogP contribution in [0.25, 0.3) is 10.2 Å². The highest BCUT2D eigenvalue weighted by atomic mass is 32.2. The lowest BCUT2D eigenvalue weighted by Crippen LogP contribution is -2.27. The predicted octanol–water partition coefficient (Wildman–Crippen LogP) is 5.70. The monoisotopic (exact) mass is 411 g/mol. The molecule has 2 aliphatic carbocycles. The van der Waals surface area contributed by atoms with Crippen LogP contribution in [0.2, 0.25) is 0 Å². The molecule has 1 unspecified atom stereocenters. The minimum absolute atomic E-state index is 0.209. The van der Waals surface area contributed by atoms with Crippen LogP contribution in [0.4, 0.5) is 0 Å². The Morgan fingerprint density at radius 3 is 2.68 bits per heavy atom. The number of thioether (sulfide) groups is 1. The van der Waals surface area contributed by atoms with Crippen molar-refractivity contribution >= 4 is 33.3 Å². The van der Waals surface area contributed by atoms with E-state index >= 15 is 0 Å². The molecule has 6 heteroatoms. The summed E-state index contributed by atoms with van der Waals surface area (Å²) in [6.45, 7) is 2.19. The lowest BCUT2D eigenvalue weighted by molar-refractivity contribution is 0.457. The van der Waals surface area contributed by atoms with Gasteiger partial charge in [-0.3, -0.25) is 14.3 Å². The maximum Gasteiger partial charge on any atom is 0.263 e. The largest absolute Gasteiger partial charge is 0.284 e. The van der Waals surface area contributed by atoms with Crippen molar-refractivity contribution < 1.29 is 0 Å². The van der Waals surface area contributed by atoms with Gasteiger partial charge in [-0.15, -0.1) is 11.3 Å². The number of nitrogens with zero attached hydrogens (tertiary/aromatic N) is 3. The average Bonchev–Trinajstić information content (AvgIpc) is 3.36. The zero-order valence-corrected chi connectivity index (χ0v) is 17.8. The van der Waals surface area contributed by atoms with E-state index in [2.05, 4.69) is 28.6 Å². The van der Waals surface area contributed by atoms with Gasteiger partial charge < -0.3 is 0 Å². The van der Waals surface area contributed by atoms with Gasteiger partial charge in [-0.05, 0) is 68.7 Å². The van der Waals surface area contributed by atoms with Crippen molar-refractivity contribution in [3.63, 3.8) is 0 Å². The summed E-state index contributed by atoms with van der Waals surface area (Å²) in [6, 6.07) is 4.41. The van der Waals surface area contributed by atoms with Crippen LogP contribution < -0.4 is 5.56 Å². The maximum absolute atomic E-state index is 13.7. The van der Waals surface area contributed by atoms with Gasteiger partial charge in [-0.25, -0.2) is 4.98 Å². The van der Waals surface area contributed by atoms with Crippen LogP contribution in [0.3, 0.4) is 0 Å². The second kappa shape index (κ2) is 7.64. The molecule has 0 saturated heterocycles. The molecule has 4 nitrogen and oxygen atoms in total. The van der Waals surface area contributed by atoms with E-state index in [1.54, 1.807) is 23.1 Å². The minimum Gasteiger partial charge on any atom is -0.284 e. The number of hydrogen-bond acceptors (Lipinski definition) is 5. The minimum atomic E-state index is 0.209. The first-order valence-corrected chi connectivity index (χ1v) is 12.1. The molecule has 0 aliphatic heterocycles. The lowest BCUT2D eigenvalue weighted by atomic mass is 9.97. The van der Waals surface area contributed by atoms with E-state index in [1.165, 1.54) is 41.7 Å². The van der Waals surface area contributed by atoms with Crippen molar-refractivity contribution in [2.75, 3.05) is 0 Å². The Balaban J connectivity index is 1.64. The summed E-state index contributed by atoms with van der Waals surface area (Å²) in [6.07, 6.45) is 12.8. The van der Waals surface area contributed by atoms with Gasteiger partial charge in [0.2, 0.25) is 0 Å². The molecule has 0 N–H and O–H groups in total. The van der Waals surface area contributed by atoms with E-state index < -0.39 is 0 Å². The first-order chi connectivity index (χ1) is 13.7. The van der Waals surface area contributed by atoms with E-state index in [4.69, 9.17) is 4.98 Å². The number of aromatic nitrogens is 3. The SMILES string of the molecule is CC(Sc1nc2sc3c(c2c(=O)n1C1CCCC1)CCCC3)c1ccncc1. The molecule has 1 saturated carbocycles. The van der Waals surface area contributed by atoms with Gasteiger partial charge in [0.25, 0.3) is 5.56 Å². The van der Waals surface area contributed by atoms with Crippen LogP contribution in [0.15, 0.2) is 34.5 Å². The fourth-order valence-electron chi connectivity index (χ4n) is 4.63. The highest BCUT2D eigenvalue weighted by molar-refractivity contribution is 7.99. The molecule has 2 aliphatic rings. The second-order valence-corrected chi connectivity index (χ2v) is 10.3. The van der Waals surface area contributed by atoms with E-state index in [0.717, 1.165) is 41.1 Å². The first kappa shape index (κ1) is 18.4. The van der Waals surface area contributed by atoms with Crippen LogP contribution in [0, 0.1) is 0 Å². The molecule has 5 rings (SSSR count). The third-order valence-corrected chi connectivity index (χ3v) is 8.45. The van der Waals surface area contributed by atoms with E-state index in [0.29, 0.717) is 6.04 Å². The summed E-state index contributed by atoms with van der Waals surface area (Å²) in [7, 11) is 0. The summed E-state index contributed by atoms with van der Waals surface area (Å²) in [5.74, 6) is 0. The van der Waals surface area contributed by atoms with Crippen molar-refractivity contribution in [2.24, 2.45) is 0 Å². The number of aryl methyl sites for hydroxylation is 2. The van der Waals surface area contributed by atoms with Crippen LogP contribution in [-0.4, -0.2) is 14.5 Å². The Bertz CT molecular complexity index is 1050. The topological polar surface area (TPSA) is 47.8 Å². The first-order valence-electron chi connectivity index (χ1n) is 10.4. The van der Waals surface area contributed by atoms with E-state index in [-0.39, 0.29) is 10.8 Å². The van der Waals surface area contributed by atoms with E-state index in [1.807, 2.05) is 12.4 Å². The molecule has 3 aromatic heterocycles. The molecular weight excluding hydrogens is 386 g/mol. The third kappa shape index (κ3) is 3.20. The fraction of sp³-hybridized carbons (Fsp3) is 0.500. The zero-order chi connectivity index (χ0) is 19.1. The molecule has 1 atom stereocenters. The van der Waals surface area contributed by atoms with Gasteiger partial charge in [0.05, 0.1) is 5.39 Å². The number of rotatable bonds is 4. The summed E-state index contributed by atoms with van der Waals surface area (Å²) >= 11 is 3.47. The average molecular weight is 412 g/mol. The molecular formula is C22H25N3OS2. The van der Waals surface area contributed by atoms with Crippen LogP contribution in [0.5, 0.6) is 0 Å². The third-order valence-electron chi connectivity index (χ3n) is 6.14. The van der Waals surface area contributed by atoms with Crippen molar-refractivity contribution in [3.05, 3.63) is 50.9 Å². The van der Waals surface area contributed by atoms with Gasteiger partial charge in [-0.2, -0.15) is 0 Å². The van der Waals surface area contributed by atoms with Crippen LogP contribution in [-0.2, 0) is 12.8 Å². The molecule has 3 heterocycles. The number of thiophene rings is 1. The highest BCUT2D eigenvalue weighted by Gasteiger charge is 2.27. The van der Waals surface area contributed by atoms with Crippen molar-refractivity contribution in [3.8, 4) is 0 Å². The number of hydrogen-bond donors (Lipinski definition) is 0. The van der Waals surface area contributed by atoms with Crippen molar-refractivity contribution in [1.82, 2.24) is 14.5 Å². The Morgan fingerprint density at radius 1 is 1.14 bits per heavy atom. The molecule has 0 radical (unpaired) electrons. The Labute approximate surface area is 173 Å². The van der Waals surface area contributed by atoms with Gasteiger partial charge in [-0.1, -0.05) is 24.6 Å². The molecule has 146 valence electrons. The van der Waals surface area contributed by atoms with Gasteiger partial charge in [0.1, 0.15) is 4.83 Å². The van der Waals surface area contributed by atoms with Gasteiger partial charge in [0, 0.05) is 28.6 Å². The van der Waals surface area contributed by atoms with Crippen molar-refractivity contribution in [1.29, 1.82) is 0 Å². The standard InChI is InChI=1S/C22H25N3OS2/c1-14(15-10-12-23-13-11-15)27-22-24-20-19(17-8-4-5-9-18(17)28-20)21(26)25(22)16-6-2-3-7-16/h10-14,16H,2-9H2,1H3. The normalized spacial score (nSPS) is 18.5. The maximum atomic E-state index is 13.7. The number of fused-ring (bicyclic) bond motifs is 3. The molecule has 1 fully saturated rings. The highest BCUT2D eigenvalue weighted by Crippen LogP contribution is 2.40. The summed E-state index contributed by atoms with van der Waals surface area (Å²) in [4.78, 5) is 25.3. The molecule has 0 aromatic carbocycles. The molecule has 0 spiro atoms. The lowest BCUT2D eigenvalue weighted by Gasteiger charge is -2.20. The smallest absolute Gasteiger partial charge is 0.263 e. The summed E-state index contributed by atoms with van der Waals surface area (Å²) in [5.41, 5.74) is 2.73. The Hall–Kier alpha value is -1.66. The second-order valence-electron chi connectivity index (χ2n) is 7.94. The Morgan fingerprint density at radius 2 is 1.89 bits per heavy atom. The summed E-state index contributed by atoms with van der Waals surface area (Å²) < 4.78 is 2.05. The number of pyridine rings is 1. The van der Waals surface area contributed by atoms with Crippen LogP contribution in [0.1, 0.15) is 72.7 Å². The Kier molecular flexibility index (Phi) is 5.01. The van der Waals surface area contributed by atoms with Crippen molar-refractivity contribution in [2.45, 2.75) is 74.7 Å². The van der Waals surface area contributed by atoms with Crippen LogP contribution >= 0.6 is 23.1 Å². The molecule has 3 aromatic rings. The molecule has 0 amide bonds. The molecule has 28 heavy (non-hydrogen) atoms. The van der Waals surface area contributed by atoms with Gasteiger partial charge in [0.15, 0.2) is 5.16 Å². The zero-order valence-electron chi connectivity index (χ0n) is 16.2. The molecule has 0 bridgehead atoms. The fourth-order valence-corrected chi connectivity index (χ4v) is 7.04. The van der Waals surface area contributed by atoms with Gasteiger partial charge >= 0.3 is 0 Å². The quantitative estimate of drug-likeness (QED) is 0.408. The summed E-state index contributed by atoms with van der Waals surface area (Å²) in [5, 5.41) is 2.05. The predicted molar refractivity (Wildman–Crippen MR) is 117 cm³/mol.